The van der Waals surface area contributed by atoms with Crippen LogP contribution in [0.15, 0.2) is 18.2 Å². The Kier molecular flexibility index (Phi) is 3.83. The Labute approximate surface area is 90.2 Å². The molecular formula is C12H18FNO. The fourth-order valence-corrected chi connectivity index (χ4v) is 1.48. The molecule has 84 valence electrons. The predicted octanol–water partition coefficient (Wildman–Crippen LogP) is 2.63. The lowest BCUT2D eigenvalue weighted by Gasteiger charge is -2.17. The highest BCUT2D eigenvalue weighted by Gasteiger charge is 2.19. The molecule has 2 nitrogen and oxygen atoms in total. The van der Waals surface area contributed by atoms with Crippen LogP contribution >= 0.6 is 0 Å². The standard InChI is InChI=1S/C12H18FNO/c1-9-4-5-11(12(2,3)13)8-10(9)6-7-15-14/h4-5,8H,6-7,14H2,1-3H3. The number of hydrogen-bond acceptors (Lipinski definition) is 2. The monoisotopic (exact) mass is 211 g/mol. The second kappa shape index (κ2) is 4.73. The molecule has 0 unspecified atom stereocenters. The van der Waals surface area contributed by atoms with Crippen LogP contribution in [0.4, 0.5) is 4.39 Å². The highest BCUT2D eigenvalue weighted by Crippen LogP contribution is 2.26. The van der Waals surface area contributed by atoms with E-state index in [4.69, 9.17) is 5.90 Å². The Morgan fingerprint density at radius 2 is 2.07 bits per heavy atom. The highest BCUT2D eigenvalue weighted by molar-refractivity contribution is 5.33. The summed E-state index contributed by atoms with van der Waals surface area (Å²) >= 11 is 0. The van der Waals surface area contributed by atoms with Gasteiger partial charge >= 0.3 is 0 Å². The summed E-state index contributed by atoms with van der Waals surface area (Å²) in [5, 5.41) is 0. The van der Waals surface area contributed by atoms with E-state index in [1.807, 2.05) is 25.1 Å². The zero-order chi connectivity index (χ0) is 11.5. The van der Waals surface area contributed by atoms with E-state index < -0.39 is 5.67 Å². The molecule has 0 aromatic heterocycles. The Morgan fingerprint density at radius 3 is 2.60 bits per heavy atom. The molecule has 0 fully saturated rings. The number of hydrogen-bond donors (Lipinski definition) is 1. The first-order valence-electron chi connectivity index (χ1n) is 5.05. The van der Waals surface area contributed by atoms with Gasteiger partial charge < -0.3 is 4.84 Å². The minimum absolute atomic E-state index is 0.455. The normalized spacial score (nSPS) is 11.8. The summed E-state index contributed by atoms with van der Waals surface area (Å²) in [6.45, 7) is 5.57. The van der Waals surface area contributed by atoms with Gasteiger partial charge in [-0.15, -0.1) is 0 Å². The van der Waals surface area contributed by atoms with Crippen molar-refractivity contribution >= 4 is 0 Å². The van der Waals surface area contributed by atoms with Crippen molar-refractivity contribution in [2.75, 3.05) is 6.61 Å². The molecule has 0 saturated heterocycles. The molecule has 3 heteroatoms. The van der Waals surface area contributed by atoms with E-state index >= 15 is 0 Å². The average molecular weight is 211 g/mol. The molecule has 0 amide bonds. The molecule has 0 heterocycles. The van der Waals surface area contributed by atoms with E-state index in [1.165, 1.54) is 0 Å². The Morgan fingerprint density at radius 1 is 1.40 bits per heavy atom. The van der Waals surface area contributed by atoms with Gasteiger partial charge in [-0.1, -0.05) is 18.2 Å². The summed E-state index contributed by atoms with van der Waals surface area (Å²) in [5.74, 6) is 4.98. The van der Waals surface area contributed by atoms with Crippen molar-refractivity contribution in [3.63, 3.8) is 0 Å². The maximum Gasteiger partial charge on any atom is 0.130 e. The molecular weight excluding hydrogens is 193 g/mol. The Balaban J connectivity index is 2.95. The molecule has 0 aliphatic rings. The van der Waals surface area contributed by atoms with Crippen LogP contribution in [0.25, 0.3) is 0 Å². The van der Waals surface area contributed by atoms with Gasteiger partial charge in [0.05, 0.1) is 6.61 Å². The van der Waals surface area contributed by atoms with E-state index in [0.717, 1.165) is 11.1 Å². The van der Waals surface area contributed by atoms with Crippen LogP contribution in [0.1, 0.15) is 30.5 Å². The molecule has 1 aromatic rings. The summed E-state index contributed by atoms with van der Waals surface area (Å²) in [5.41, 5.74) is 1.62. The Bertz CT molecular complexity index is 331. The second-order valence-corrected chi connectivity index (χ2v) is 4.23. The van der Waals surface area contributed by atoms with E-state index in [9.17, 15) is 4.39 Å². The quantitative estimate of drug-likeness (QED) is 0.777. The van der Waals surface area contributed by atoms with Gasteiger partial charge in [-0.3, -0.25) is 0 Å². The summed E-state index contributed by atoms with van der Waals surface area (Å²) in [6, 6.07) is 5.64. The van der Waals surface area contributed by atoms with Crippen LogP contribution < -0.4 is 5.90 Å². The van der Waals surface area contributed by atoms with Crippen LogP contribution in [0.3, 0.4) is 0 Å². The largest absolute Gasteiger partial charge is 0.304 e. The molecule has 1 rings (SSSR count). The van der Waals surface area contributed by atoms with Gasteiger partial charge in [0.2, 0.25) is 0 Å². The second-order valence-electron chi connectivity index (χ2n) is 4.23. The summed E-state index contributed by atoms with van der Waals surface area (Å²) in [7, 11) is 0. The number of benzene rings is 1. The molecule has 0 radical (unpaired) electrons. The molecule has 0 atom stereocenters. The van der Waals surface area contributed by atoms with Crippen LogP contribution in [-0.2, 0) is 16.9 Å². The number of aryl methyl sites for hydroxylation is 1. The van der Waals surface area contributed by atoms with E-state index in [-0.39, 0.29) is 0 Å². The maximum absolute atomic E-state index is 13.7. The van der Waals surface area contributed by atoms with E-state index in [1.54, 1.807) is 13.8 Å². The third kappa shape index (κ3) is 3.29. The van der Waals surface area contributed by atoms with Gasteiger partial charge in [0, 0.05) is 0 Å². The van der Waals surface area contributed by atoms with E-state index in [2.05, 4.69) is 4.84 Å². The summed E-state index contributed by atoms with van der Waals surface area (Å²) in [4.78, 5) is 4.53. The van der Waals surface area contributed by atoms with E-state index in [0.29, 0.717) is 18.6 Å². The SMILES string of the molecule is Cc1ccc(C(C)(C)F)cc1CCON. The first-order chi connectivity index (χ1) is 6.95. The number of rotatable bonds is 4. The van der Waals surface area contributed by atoms with Crippen molar-refractivity contribution in [3.8, 4) is 0 Å². The van der Waals surface area contributed by atoms with Gasteiger partial charge in [-0.25, -0.2) is 10.3 Å². The maximum atomic E-state index is 13.7. The fraction of sp³-hybridized carbons (Fsp3) is 0.500. The van der Waals surface area contributed by atoms with Gasteiger partial charge in [0.25, 0.3) is 0 Å². The summed E-state index contributed by atoms with van der Waals surface area (Å²) < 4.78 is 13.7. The van der Waals surface area contributed by atoms with Crippen molar-refractivity contribution in [3.05, 3.63) is 34.9 Å². The van der Waals surface area contributed by atoms with Crippen LogP contribution in [0, 0.1) is 6.92 Å². The smallest absolute Gasteiger partial charge is 0.130 e. The lowest BCUT2D eigenvalue weighted by Crippen LogP contribution is -2.11. The Hall–Kier alpha value is -0.930. The number of alkyl halides is 1. The zero-order valence-corrected chi connectivity index (χ0v) is 9.51. The van der Waals surface area contributed by atoms with Gasteiger partial charge in [0.15, 0.2) is 0 Å². The lowest BCUT2D eigenvalue weighted by molar-refractivity contribution is 0.141. The van der Waals surface area contributed by atoms with Crippen molar-refractivity contribution in [2.45, 2.75) is 32.9 Å². The topological polar surface area (TPSA) is 35.2 Å². The minimum atomic E-state index is -1.30. The minimum Gasteiger partial charge on any atom is -0.304 e. The van der Waals surface area contributed by atoms with Crippen molar-refractivity contribution in [1.29, 1.82) is 0 Å². The molecule has 0 saturated carbocycles. The average Bonchev–Trinajstić information content (AvgIpc) is 2.15. The summed E-state index contributed by atoms with van der Waals surface area (Å²) in [6.07, 6.45) is 0.715. The molecule has 0 aliphatic carbocycles. The molecule has 15 heavy (non-hydrogen) atoms. The molecule has 0 aliphatic heterocycles. The third-order valence-corrected chi connectivity index (χ3v) is 2.52. The number of nitrogens with two attached hydrogens (primary N) is 1. The third-order valence-electron chi connectivity index (χ3n) is 2.52. The van der Waals surface area contributed by atoms with Gasteiger partial charge in [0.1, 0.15) is 5.67 Å². The van der Waals surface area contributed by atoms with Crippen molar-refractivity contribution < 1.29 is 9.23 Å². The highest BCUT2D eigenvalue weighted by atomic mass is 19.1. The zero-order valence-electron chi connectivity index (χ0n) is 9.51. The molecule has 2 N–H and O–H groups in total. The molecule has 0 bridgehead atoms. The first kappa shape index (κ1) is 12.1. The fourth-order valence-electron chi connectivity index (χ4n) is 1.48. The number of halogens is 1. The van der Waals surface area contributed by atoms with Crippen LogP contribution in [0.2, 0.25) is 0 Å². The van der Waals surface area contributed by atoms with Crippen molar-refractivity contribution in [1.82, 2.24) is 0 Å². The lowest BCUT2D eigenvalue weighted by atomic mass is 9.94. The van der Waals surface area contributed by atoms with Gasteiger partial charge in [-0.2, -0.15) is 0 Å². The van der Waals surface area contributed by atoms with Crippen molar-refractivity contribution in [2.24, 2.45) is 5.90 Å². The molecule has 1 aromatic carbocycles. The van der Waals surface area contributed by atoms with Crippen LogP contribution in [0.5, 0.6) is 0 Å². The first-order valence-corrected chi connectivity index (χ1v) is 5.05. The van der Waals surface area contributed by atoms with Gasteiger partial charge in [-0.05, 0) is 43.9 Å². The van der Waals surface area contributed by atoms with Crippen LogP contribution in [-0.4, -0.2) is 6.61 Å². The molecule has 0 spiro atoms. The predicted molar refractivity (Wildman–Crippen MR) is 59.2 cm³/mol.